The fraction of sp³-hybridized carbons (Fsp3) is 0.500. The van der Waals surface area contributed by atoms with Crippen molar-refractivity contribution in [3.05, 3.63) is 9.98 Å². The first-order valence-electron chi connectivity index (χ1n) is 3.21. The van der Waals surface area contributed by atoms with Gasteiger partial charge in [0.2, 0.25) is 0 Å². The van der Waals surface area contributed by atoms with E-state index in [1.54, 1.807) is 0 Å². The Morgan fingerprint density at radius 1 is 1.82 bits per heavy atom. The van der Waals surface area contributed by atoms with Gasteiger partial charge in [-0.2, -0.15) is 4.98 Å². The Morgan fingerprint density at radius 2 is 2.64 bits per heavy atom. The Kier molecular flexibility index (Phi) is 3.82. The second kappa shape index (κ2) is 4.69. The first-order valence-corrected chi connectivity index (χ1v) is 4.88. The first-order chi connectivity index (χ1) is 5.33. The highest BCUT2D eigenvalue weighted by molar-refractivity contribution is 9.10. The number of nitrogens with zero attached hydrogens (tertiary/aromatic N) is 1. The number of rotatable bonds is 4. The Labute approximate surface area is 77.9 Å². The summed E-state index contributed by atoms with van der Waals surface area (Å²) in [5.74, 6) is 0. The third-order valence-electron chi connectivity index (χ3n) is 1.03. The molecule has 0 saturated carbocycles. The summed E-state index contributed by atoms with van der Waals surface area (Å²) in [5, 5.41) is 5.60. The molecule has 0 aliphatic carbocycles. The van der Waals surface area contributed by atoms with Crippen LogP contribution in [0.1, 0.15) is 0 Å². The van der Waals surface area contributed by atoms with E-state index in [2.05, 4.69) is 26.2 Å². The minimum Gasteiger partial charge on any atom is -0.469 e. The zero-order valence-electron chi connectivity index (χ0n) is 6.13. The van der Waals surface area contributed by atoms with Crippen LogP contribution in [0, 0.1) is 0 Å². The number of nitrogens with one attached hydrogen (secondary N) is 1. The first kappa shape index (κ1) is 8.96. The van der Waals surface area contributed by atoms with Crippen molar-refractivity contribution in [2.24, 2.45) is 0 Å². The Hall–Kier alpha value is -0.130. The predicted molar refractivity (Wildman–Crippen MR) is 49.2 cm³/mol. The normalized spacial score (nSPS) is 10.0. The van der Waals surface area contributed by atoms with Crippen molar-refractivity contribution in [3.8, 4) is 5.19 Å². The van der Waals surface area contributed by atoms with Crippen LogP contribution in [0.4, 0.5) is 0 Å². The van der Waals surface area contributed by atoms with Crippen LogP contribution in [-0.4, -0.2) is 25.2 Å². The molecule has 0 fully saturated rings. The number of thiazole rings is 1. The predicted octanol–water partition coefficient (Wildman–Crippen LogP) is 1.50. The fourth-order valence-corrected chi connectivity index (χ4v) is 1.66. The molecular formula is C6H9BrN2OS. The number of halogens is 1. The summed E-state index contributed by atoms with van der Waals surface area (Å²) in [4.78, 5) is 4.07. The molecule has 0 radical (unpaired) electrons. The Bertz CT molecular complexity index is 216. The average Bonchev–Trinajstić information content (AvgIpc) is 2.37. The van der Waals surface area contributed by atoms with E-state index in [4.69, 9.17) is 4.74 Å². The Morgan fingerprint density at radius 3 is 3.18 bits per heavy atom. The summed E-state index contributed by atoms with van der Waals surface area (Å²) in [6.45, 7) is 1.51. The number of aromatic nitrogens is 1. The van der Waals surface area contributed by atoms with Crippen molar-refractivity contribution in [1.29, 1.82) is 0 Å². The molecule has 5 heteroatoms. The maximum atomic E-state index is 5.28. The van der Waals surface area contributed by atoms with E-state index in [1.165, 1.54) is 11.3 Å². The molecule has 1 aromatic heterocycles. The fourth-order valence-electron chi connectivity index (χ4n) is 0.546. The minimum atomic E-state index is 0.663. The molecule has 0 unspecified atom stereocenters. The minimum absolute atomic E-state index is 0.663. The van der Waals surface area contributed by atoms with Crippen molar-refractivity contribution in [1.82, 2.24) is 10.3 Å². The zero-order chi connectivity index (χ0) is 8.10. The van der Waals surface area contributed by atoms with Crippen molar-refractivity contribution in [2.45, 2.75) is 0 Å². The number of hydrogen-bond donors (Lipinski definition) is 1. The maximum Gasteiger partial charge on any atom is 0.274 e. The van der Waals surface area contributed by atoms with Crippen LogP contribution in [0.15, 0.2) is 9.98 Å². The summed E-state index contributed by atoms with van der Waals surface area (Å²) in [7, 11) is 1.89. The lowest BCUT2D eigenvalue weighted by Gasteiger charge is -1.99. The second-order valence-corrected chi connectivity index (χ2v) is 3.52. The quantitative estimate of drug-likeness (QED) is 0.806. The van der Waals surface area contributed by atoms with E-state index in [1.807, 2.05) is 12.4 Å². The van der Waals surface area contributed by atoms with Crippen LogP contribution in [-0.2, 0) is 0 Å². The number of hydrogen-bond acceptors (Lipinski definition) is 4. The van der Waals surface area contributed by atoms with Gasteiger partial charge in [-0.3, -0.25) is 0 Å². The topological polar surface area (TPSA) is 34.1 Å². The third-order valence-corrected chi connectivity index (χ3v) is 2.49. The summed E-state index contributed by atoms with van der Waals surface area (Å²) in [5.41, 5.74) is 0. The average molecular weight is 237 g/mol. The highest BCUT2D eigenvalue weighted by Crippen LogP contribution is 2.21. The molecule has 1 N–H and O–H groups in total. The molecule has 0 saturated heterocycles. The summed E-state index contributed by atoms with van der Waals surface area (Å²) in [6, 6.07) is 0. The number of likely N-dealkylation sites (N-methyl/N-ethyl adjacent to an activating group) is 1. The lowest BCUT2D eigenvalue weighted by molar-refractivity contribution is 0.316. The van der Waals surface area contributed by atoms with Gasteiger partial charge in [-0.15, -0.1) is 0 Å². The van der Waals surface area contributed by atoms with E-state index in [0.29, 0.717) is 11.8 Å². The van der Waals surface area contributed by atoms with Gasteiger partial charge in [0.25, 0.3) is 5.19 Å². The van der Waals surface area contributed by atoms with Crippen LogP contribution in [0.25, 0.3) is 0 Å². The summed E-state index contributed by atoms with van der Waals surface area (Å²) >= 11 is 4.74. The second-order valence-electron chi connectivity index (χ2n) is 1.89. The summed E-state index contributed by atoms with van der Waals surface area (Å²) < 4.78 is 6.12. The van der Waals surface area contributed by atoms with Crippen molar-refractivity contribution in [3.63, 3.8) is 0 Å². The van der Waals surface area contributed by atoms with E-state index in [-0.39, 0.29) is 0 Å². The van der Waals surface area contributed by atoms with Crippen LogP contribution in [0.2, 0.25) is 0 Å². The summed E-state index contributed by atoms with van der Waals surface area (Å²) in [6.07, 6.45) is 0. The van der Waals surface area contributed by atoms with E-state index >= 15 is 0 Å². The van der Waals surface area contributed by atoms with Gasteiger partial charge in [0.1, 0.15) is 11.2 Å². The van der Waals surface area contributed by atoms with Crippen molar-refractivity contribution in [2.75, 3.05) is 20.2 Å². The molecule has 11 heavy (non-hydrogen) atoms. The highest BCUT2D eigenvalue weighted by Gasteiger charge is 1.97. The van der Waals surface area contributed by atoms with Gasteiger partial charge in [0, 0.05) is 11.9 Å². The molecule has 0 aromatic carbocycles. The van der Waals surface area contributed by atoms with Crippen molar-refractivity contribution < 1.29 is 4.74 Å². The smallest absolute Gasteiger partial charge is 0.274 e. The van der Waals surface area contributed by atoms with Gasteiger partial charge in [-0.25, -0.2) is 0 Å². The van der Waals surface area contributed by atoms with Gasteiger partial charge >= 0.3 is 0 Å². The lowest BCUT2D eigenvalue weighted by Crippen LogP contribution is -2.15. The van der Waals surface area contributed by atoms with Gasteiger partial charge < -0.3 is 10.1 Å². The van der Waals surface area contributed by atoms with E-state index < -0.39 is 0 Å². The van der Waals surface area contributed by atoms with Gasteiger partial charge in [0.05, 0.1) is 0 Å². The van der Waals surface area contributed by atoms with Crippen LogP contribution >= 0.6 is 27.3 Å². The highest BCUT2D eigenvalue weighted by atomic mass is 79.9. The lowest BCUT2D eigenvalue weighted by atomic mass is 10.7. The molecule has 0 atom stereocenters. The SMILES string of the molecule is CNCCOc1nc(Br)cs1. The molecule has 0 aliphatic heterocycles. The van der Waals surface area contributed by atoms with Crippen molar-refractivity contribution >= 4 is 27.3 Å². The third kappa shape index (κ3) is 3.18. The molecule has 0 bridgehead atoms. The zero-order valence-corrected chi connectivity index (χ0v) is 8.54. The Balaban J connectivity index is 2.27. The van der Waals surface area contributed by atoms with Gasteiger partial charge in [0.15, 0.2) is 0 Å². The number of ether oxygens (including phenoxy) is 1. The van der Waals surface area contributed by atoms with Gasteiger partial charge in [-0.1, -0.05) is 11.3 Å². The molecule has 0 aliphatic rings. The van der Waals surface area contributed by atoms with E-state index in [0.717, 1.165) is 11.1 Å². The van der Waals surface area contributed by atoms with Crippen LogP contribution in [0.3, 0.4) is 0 Å². The molecule has 3 nitrogen and oxygen atoms in total. The largest absolute Gasteiger partial charge is 0.469 e. The standard InChI is InChI=1S/C6H9BrN2OS/c1-8-2-3-10-6-9-5(7)4-11-6/h4,8H,2-3H2,1H3. The molecule has 0 spiro atoms. The monoisotopic (exact) mass is 236 g/mol. The van der Waals surface area contributed by atoms with Gasteiger partial charge in [-0.05, 0) is 23.0 Å². The molecule has 0 amide bonds. The van der Waals surface area contributed by atoms with Crippen LogP contribution < -0.4 is 10.1 Å². The van der Waals surface area contributed by atoms with Crippen LogP contribution in [0.5, 0.6) is 5.19 Å². The maximum absolute atomic E-state index is 5.28. The molecule has 1 aromatic rings. The molecule has 1 rings (SSSR count). The van der Waals surface area contributed by atoms with E-state index in [9.17, 15) is 0 Å². The molecule has 62 valence electrons. The molecule has 1 heterocycles. The molecular weight excluding hydrogens is 228 g/mol.